The molecule has 0 unspecified atom stereocenters. The molecule has 0 radical (unpaired) electrons. The number of nitrogens with one attached hydrogen (secondary N) is 1. The molecule has 4 aliphatic heterocycles. The zero-order valence-corrected chi connectivity index (χ0v) is 22.4. The van der Waals surface area contributed by atoms with E-state index in [1.165, 1.54) is 5.57 Å². The molecular weight excluding hydrogens is 486 g/mol. The van der Waals surface area contributed by atoms with E-state index in [0.717, 1.165) is 36.0 Å². The van der Waals surface area contributed by atoms with E-state index in [2.05, 4.69) is 26.1 Å². The summed E-state index contributed by atoms with van der Waals surface area (Å²) in [4.78, 5) is 24.1. The molecule has 1 aromatic carbocycles. The van der Waals surface area contributed by atoms with Crippen LogP contribution >= 0.6 is 0 Å². The minimum Gasteiger partial charge on any atom is -0.458 e. The average Bonchev–Trinajstić information content (AvgIpc) is 3.81. The van der Waals surface area contributed by atoms with Crippen LogP contribution in [0.4, 0.5) is 0 Å². The summed E-state index contributed by atoms with van der Waals surface area (Å²) < 4.78 is 32.5. The number of amides is 1. The second-order valence-electron chi connectivity index (χ2n) is 12.9. The number of carbonyl (C=O) groups is 2. The summed E-state index contributed by atoms with van der Waals surface area (Å²) in [6.07, 6.45) is 2.57. The van der Waals surface area contributed by atoms with Gasteiger partial charge in [-0.05, 0) is 47.8 Å². The molecule has 0 bridgehead atoms. The smallest absolute Gasteiger partial charge is 0.334 e. The Morgan fingerprint density at radius 2 is 1.89 bits per heavy atom. The number of cyclic esters (lactones) is 1. The second-order valence-corrected chi connectivity index (χ2v) is 12.9. The molecule has 1 amide bonds. The normalized spacial score (nSPS) is 46.7. The molecule has 1 N–H and O–H groups in total. The van der Waals surface area contributed by atoms with Crippen molar-refractivity contribution in [1.82, 2.24) is 5.32 Å². The van der Waals surface area contributed by atoms with Crippen LogP contribution in [0, 0.1) is 17.3 Å². The molecule has 0 aromatic heterocycles. The first-order chi connectivity index (χ1) is 18.2. The topological polar surface area (TPSA) is 102 Å². The fourth-order valence-corrected chi connectivity index (χ4v) is 9.12. The van der Waals surface area contributed by atoms with Crippen LogP contribution in [0.25, 0.3) is 0 Å². The quantitative estimate of drug-likeness (QED) is 0.454. The molecule has 5 fully saturated rings. The van der Waals surface area contributed by atoms with Gasteiger partial charge in [0.25, 0.3) is 0 Å². The van der Waals surface area contributed by atoms with E-state index >= 15 is 0 Å². The highest BCUT2D eigenvalue weighted by atomic mass is 16.8. The lowest BCUT2D eigenvalue weighted by atomic mass is 9.46. The molecule has 8 rings (SSSR count). The summed E-state index contributed by atoms with van der Waals surface area (Å²) in [6, 6.07) is 8.05. The van der Waals surface area contributed by atoms with Crippen LogP contribution in [0.5, 0.6) is 0 Å². The van der Waals surface area contributed by atoms with Crippen molar-refractivity contribution in [3.63, 3.8) is 0 Å². The number of carbonyl (C=O) groups excluding carboxylic acids is 2. The Hall–Kier alpha value is -2.26. The van der Waals surface area contributed by atoms with E-state index in [1.54, 1.807) is 7.05 Å². The van der Waals surface area contributed by atoms with Crippen molar-refractivity contribution in [1.29, 1.82) is 0 Å². The van der Waals surface area contributed by atoms with Gasteiger partial charge in [-0.1, -0.05) is 45.0 Å². The number of hydrogen-bond acceptors (Lipinski definition) is 7. The average molecular weight is 522 g/mol. The van der Waals surface area contributed by atoms with E-state index < -0.39 is 16.8 Å². The molecule has 4 heterocycles. The van der Waals surface area contributed by atoms with Crippen LogP contribution in [0.3, 0.4) is 0 Å². The van der Waals surface area contributed by atoms with Gasteiger partial charge in [0.1, 0.15) is 36.1 Å². The molecule has 2 saturated carbocycles. The first-order valence-electron chi connectivity index (χ1n) is 14.1. The summed E-state index contributed by atoms with van der Waals surface area (Å²) in [7, 11) is 1.65. The zero-order valence-electron chi connectivity index (χ0n) is 22.4. The molecule has 8 heteroatoms. The van der Waals surface area contributed by atoms with Gasteiger partial charge >= 0.3 is 5.97 Å². The van der Waals surface area contributed by atoms with Crippen LogP contribution in [0.2, 0.25) is 0 Å². The molecule has 8 nitrogen and oxygen atoms in total. The number of benzene rings is 1. The summed E-state index contributed by atoms with van der Waals surface area (Å²) in [5.41, 5.74) is 2.47. The maximum absolute atomic E-state index is 12.4. The molecule has 202 valence electrons. The van der Waals surface area contributed by atoms with Gasteiger partial charge in [-0.15, -0.1) is 0 Å². The Morgan fingerprint density at radius 1 is 1.13 bits per heavy atom. The van der Waals surface area contributed by atoms with Crippen molar-refractivity contribution in [2.24, 2.45) is 17.3 Å². The van der Waals surface area contributed by atoms with E-state index in [9.17, 15) is 9.59 Å². The number of epoxide rings is 3. The fraction of sp³-hybridized carbons (Fsp3) is 0.667. The number of esters is 1. The zero-order chi connectivity index (χ0) is 26.2. The van der Waals surface area contributed by atoms with Gasteiger partial charge < -0.3 is 29.0 Å². The van der Waals surface area contributed by atoms with E-state index in [-0.39, 0.29) is 53.5 Å². The number of likely N-dealkylation sites (N-methyl/N-ethyl adjacent to an activating group) is 1. The van der Waals surface area contributed by atoms with Crippen molar-refractivity contribution >= 4 is 11.9 Å². The number of rotatable bonds is 6. The largest absolute Gasteiger partial charge is 0.458 e. The van der Waals surface area contributed by atoms with Gasteiger partial charge in [-0.2, -0.15) is 0 Å². The highest BCUT2D eigenvalue weighted by Gasteiger charge is 3.00. The lowest BCUT2D eigenvalue weighted by molar-refractivity contribution is -0.136. The first kappa shape index (κ1) is 23.6. The van der Waals surface area contributed by atoms with Gasteiger partial charge in [-0.25, -0.2) is 4.79 Å². The van der Waals surface area contributed by atoms with E-state index in [1.807, 2.05) is 24.3 Å². The number of ether oxygens (including phenoxy) is 5. The third-order valence-electron chi connectivity index (χ3n) is 11.1. The Balaban J connectivity index is 1.12. The Labute approximate surface area is 222 Å². The third-order valence-corrected chi connectivity index (χ3v) is 11.1. The predicted octanol–water partition coefficient (Wildman–Crippen LogP) is 2.62. The Kier molecular flexibility index (Phi) is 4.52. The number of fused-ring (bicyclic) bond motifs is 4. The van der Waals surface area contributed by atoms with Gasteiger partial charge in [0, 0.05) is 18.0 Å². The maximum atomic E-state index is 12.4. The number of hydrogen-bond donors (Lipinski definition) is 1. The van der Waals surface area contributed by atoms with Crippen molar-refractivity contribution in [3.05, 3.63) is 46.5 Å². The molecule has 2 spiro atoms. The molecular formula is C30H35NO7. The highest BCUT2D eigenvalue weighted by Crippen LogP contribution is 2.83. The second kappa shape index (κ2) is 7.27. The van der Waals surface area contributed by atoms with Gasteiger partial charge in [0.2, 0.25) is 5.91 Å². The van der Waals surface area contributed by atoms with Crippen LogP contribution in [0.15, 0.2) is 35.4 Å². The van der Waals surface area contributed by atoms with E-state index in [0.29, 0.717) is 19.6 Å². The van der Waals surface area contributed by atoms with Crippen molar-refractivity contribution in [2.75, 3.05) is 13.7 Å². The predicted molar refractivity (Wildman–Crippen MR) is 134 cm³/mol. The molecule has 7 aliphatic rings. The summed E-state index contributed by atoms with van der Waals surface area (Å²) in [6.45, 7) is 7.60. The third kappa shape index (κ3) is 2.57. The minimum atomic E-state index is -0.541. The maximum Gasteiger partial charge on any atom is 0.334 e. The molecule has 38 heavy (non-hydrogen) atoms. The standard InChI is InChI=1S/C30H35NO7/c1-15(2)28-23(37-28)24-30(38-24)27(3)10-9-18-19(14-34-25(18)33)20(27)12-21-29(30,36-21)26(28)35-13-17-7-5-16(6-8-17)11-22(32)31-4/h5-8,15,20-21,23-24,26H,9-14H2,1-4H3,(H,31,32)/t20-,21-,23-,24-,26+,27-,28-,29+,30+/m0/s1. The van der Waals surface area contributed by atoms with Crippen molar-refractivity contribution in [2.45, 2.75) is 94.3 Å². The molecule has 1 aromatic rings. The Morgan fingerprint density at radius 3 is 2.63 bits per heavy atom. The fourth-order valence-electron chi connectivity index (χ4n) is 9.12. The van der Waals surface area contributed by atoms with Gasteiger partial charge in [0.15, 0.2) is 5.60 Å². The van der Waals surface area contributed by atoms with Crippen molar-refractivity contribution in [3.8, 4) is 0 Å². The summed E-state index contributed by atoms with van der Waals surface area (Å²) in [5.74, 6) is 0.315. The van der Waals surface area contributed by atoms with Gasteiger partial charge in [0.05, 0.1) is 19.1 Å². The van der Waals surface area contributed by atoms with E-state index in [4.69, 9.17) is 23.7 Å². The minimum absolute atomic E-state index is 0.00413. The summed E-state index contributed by atoms with van der Waals surface area (Å²) in [5, 5.41) is 2.67. The van der Waals surface area contributed by atoms with Crippen molar-refractivity contribution < 1.29 is 33.3 Å². The monoisotopic (exact) mass is 521 g/mol. The molecule has 3 saturated heterocycles. The SMILES string of the molecule is CNC(=O)Cc1ccc(CO[C@@H]2[C@@]3(C(C)C)O[C@H]3[C@@H]3O[C@]34[C@]23O[C@H]3C[C@H]2C3=C(CC[C@@]24C)C(=O)OC3)cc1. The van der Waals surface area contributed by atoms with Crippen LogP contribution < -0.4 is 5.32 Å². The van der Waals surface area contributed by atoms with Crippen LogP contribution in [-0.4, -0.2) is 66.8 Å². The van der Waals surface area contributed by atoms with Crippen LogP contribution in [-0.2, 0) is 46.3 Å². The highest BCUT2D eigenvalue weighted by molar-refractivity contribution is 5.92. The summed E-state index contributed by atoms with van der Waals surface area (Å²) >= 11 is 0. The molecule has 3 aliphatic carbocycles. The van der Waals surface area contributed by atoms with Crippen LogP contribution in [0.1, 0.15) is 51.2 Å². The van der Waals surface area contributed by atoms with Gasteiger partial charge in [-0.3, -0.25) is 4.79 Å². The lowest BCUT2D eigenvalue weighted by Crippen LogP contribution is -2.69. The lowest BCUT2D eigenvalue weighted by Gasteiger charge is -2.54. The Bertz CT molecular complexity index is 1290. The first-order valence-corrected chi connectivity index (χ1v) is 14.1. The molecule has 9 atom stereocenters.